The lowest BCUT2D eigenvalue weighted by molar-refractivity contribution is -0.129. The smallest absolute Gasteiger partial charge is 0.234 e. The molecule has 16 heavy (non-hydrogen) atoms. The summed E-state index contributed by atoms with van der Waals surface area (Å²) in [4.78, 5) is 24.5. The van der Waals surface area contributed by atoms with Crippen molar-refractivity contribution >= 4 is 34.8 Å². The second-order valence-corrected chi connectivity index (χ2v) is 3.91. The molecule has 2 amide bonds. The Bertz CT molecular complexity index is 452. The fourth-order valence-electron chi connectivity index (χ4n) is 1.63. The first kappa shape index (κ1) is 10.7. The number of amides is 2. The van der Waals surface area contributed by atoms with Gasteiger partial charge >= 0.3 is 0 Å². The first-order valence-corrected chi connectivity index (χ1v) is 5.21. The third kappa shape index (κ3) is 1.69. The van der Waals surface area contributed by atoms with E-state index in [0.29, 0.717) is 24.8 Å². The molecule has 1 saturated heterocycles. The summed E-state index contributed by atoms with van der Waals surface area (Å²) in [5.74, 6) is -0.224. The van der Waals surface area contributed by atoms with Gasteiger partial charge in [0.15, 0.2) is 0 Å². The van der Waals surface area contributed by atoms with E-state index < -0.39 is 0 Å². The molecule has 1 aliphatic rings. The minimum atomic E-state index is -0.252. The lowest BCUT2D eigenvalue weighted by Gasteiger charge is -2.23. The molecule has 2 heterocycles. The van der Waals surface area contributed by atoms with Crippen molar-refractivity contribution in [3.63, 3.8) is 0 Å². The van der Waals surface area contributed by atoms with Gasteiger partial charge in [-0.25, -0.2) is 4.90 Å². The minimum absolute atomic E-state index is 0.106. The number of anilines is 1. The number of nitrogens with two attached hydrogens (primary N) is 1. The van der Waals surface area contributed by atoms with Gasteiger partial charge in [0.25, 0.3) is 0 Å². The Morgan fingerprint density at radius 2 is 2.06 bits per heavy atom. The van der Waals surface area contributed by atoms with E-state index in [0.717, 1.165) is 4.90 Å². The summed E-state index contributed by atoms with van der Waals surface area (Å²) in [5.41, 5.74) is 5.89. The summed E-state index contributed by atoms with van der Waals surface area (Å²) in [6.07, 6.45) is 2.70. The summed E-state index contributed by atoms with van der Waals surface area (Å²) in [6.45, 7) is 0. The normalized spacial score (nSPS) is 16.6. The fourth-order valence-corrected chi connectivity index (χ4v) is 1.78. The van der Waals surface area contributed by atoms with Gasteiger partial charge in [-0.2, -0.15) is 5.10 Å². The zero-order chi connectivity index (χ0) is 11.7. The van der Waals surface area contributed by atoms with Crippen LogP contribution in [-0.2, 0) is 9.59 Å². The average molecular weight is 238 g/mol. The largest absolute Gasteiger partial charge is 0.389 e. The molecule has 84 valence electrons. The number of nitrogens with zero attached hydrogens (tertiary/aromatic N) is 2. The van der Waals surface area contributed by atoms with Crippen molar-refractivity contribution in [1.29, 1.82) is 0 Å². The van der Waals surface area contributed by atoms with Crippen LogP contribution in [-0.4, -0.2) is 27.0 Å². The van der Waals surface area contributed by atoms with Gasteiger partial charge in [0.1, 0.15) is 10.8 Å². The second-order valence-electron chi connectivity index (χ2n) is 3.47. The van der Waals surface area contributed by atoms with Crippen LogP contribution in [0, 0.1) is 0 Å². The second kappa shape index (κ2) is 4.01. The number of piperidine rings is 1. The molecule has 1 aliphatic heterocycles. The van der Waals surface area contributed by atoms with E-state index in [1.807, 2.05) is 0 Å². The fraction of sp³-hybridized carbons (Fsp3) is 0.333. The number of carbonyl (C=O) groups is 2. The maximum atomic E-state index is 11.7. The van der Waals surface area contributed by atoms with Crippen LogP contribution in [0.4, 0.5) is 5.82 Å². The van der Waals surface area contributed by atoms with Crippen molar-refractivity contribution in [2.75, 3.05) is 4.90 Å². The number of thiocarbonyl (C=S) groups is 1. The van der Waals surface area contributed by atoms with E-state index in [4.69, 9.17) is 18.0 Å². The Balaban J connectivity index is 2.42. The van der Waals surface area contributed by atoms with E-state index in [9.17, 15) is 9.59 Å². The third-order valence-electron chi connectivity index (χ3n) is 2.39. The molecule has 0 aromatic carbocycles. The van der Waals surface area contributed by atoms with E-state index >= 15 is 0 Å². The van der Waals surface area contributed by atoms with E-state index in [1.165, 1.54) is 6.20 Å². The predicted octanol–water partition coefficient (Wildman–Crippen LogP) is 0.0874. The number of hydrogen-bond acceptors (Lipinski definition) is 4. The van der Waals surface area contributed by atoms with Crippen molar-refractivity contribution in [1.82, 2.24) is 10.2 Å². The zero-order valence-corrected chi connectivity index (χ0v) is 9.21. The van der Waals surface area contributed by atoms with Gasteiger partial charge in [-0.15, -0.1) is 0 Å². The Labute approximate surface area is 96.8 Å². The third-order valence-corrected chi connectivity index (χ3v) is 2.61. The molecule has 1 fully saturated rings. The number of hydrogen-bond donors (Lipinski definition) is 2. The van der Waals surface area contributed by atoms with Crippen LogP contribution < -0.4 is 10.6 Å². The van der Waals surface area contributed by atoms with E-state index in [-0.39, 0.29) is 22.6 Å². The predicted molar refractivity (Wildman–Crippen MR) is 60.8 cm³/mol. The molecule has 6 nitrogen and oxygen atoms in total. The molecule has 0 unspecified atom stereocenters. The minimum Gasteiger partial charge on any atom is -0.389 e. The topological polar surface area (TPSA) is 92.1 Å². The lowest BCUT2D eigenvalue weighted by Crippen LogP contribution is -2.41. The number of aromatic nitrogens is 2. The molecule has 0 radical (unpaired) electrons. The van der Waals surface area contributed by atoms with Crippen molar-refractivity contribution in [2.24, 2.45) is 5.73 Å². The van der Waals surface area contributed by atoms with Crippen LogP contribution in [0.25, 0.3) is 0 Å². The Morgan fingerprint density at radius 3 is 2.62 bits per heavy atom. The highest BCUT2D eigenvalue weighted by Gasteiger charge is 2.30. The van der Waals surface area contributed by atoms with Gasteiger partial charge in [0.2, 0.25) is 11.8 Å². The standard InChI is InChI=1S/C9H10N4O2S/c10-8(16)5-4-11-12-9(5)13-6(14)2-1-3-7(13)15/h4H,1-3H2,(H2,10,16)(H,11,12). The van der Waals surface area contributed by atoms with Gasteiger partial charge in [0.05, 0.1) is 11.8 Å². The summed E-state index contributed by atoms with van der Waals surface area (Å²) in [7, 11) is 0. The Hall–Kier alpha value is -1.76. The first-order chi connectivity index (χ1) is 7.61. The first-order valence-electron chi connectivity index (χ1n) is 4.80. The molecule has 0 spiro atoms. The lowest BCUT2D eigenvalue weighted by atomic mass is 10.1. The van der Waals surface area contributed by atoms with Crippen molar-refractivity contribution in [2.45, 2.75) is 19.3 Å². The van der Waals surface area contributed by atoms with Crippen LogP contribution in [0.5, 0.6) is 0 Å². The summed E-state index contributed by atoms with van der Waals surface area (Å²) >= 11 is 4.82. The van der Waals surface area contributed by atoms with Gasteiger partial charge in [-0.3, -0.25) is 14.7 Å². The van der Waals surface area contributed by atoms with Crippen LogP contribution in [0.3, 0.4) is 0 Å². The number of rotatable bonds is 2. The van der Waals surface area contributed by atoms with Gasteiger partial charge < -0.3 is 5.73 Å². The zero-order valence-electron chi connectivity index (χ0n) is 8.40. The SMILES string of the molecule is NC(=S)c1cn[nH]c1N1C(=O)CCCC1=O. The van der Waals surface area contributed by atoms with Crippen molar-refractivity contribution < 1.29 is 9.59 Å². The van der Waals surface area contributed by atoms with E-state index in [2.05, 4.69) is 10.2 Å². The summed E-state index contributed by atoms with van der Waals surface area (Å²) in [6, 6.07) is 0. The van der Waals surface area contributed by atoms with E-state index in [1.54, 1.807) is 0 Å². The maximum Gasteiger partial charge on any atom is 0.234 e. The monoisotopic (exact) mass is 238 g/mol. The number of H-pyrrole nitrogens is 1. The molecule has 0 atom stereocenters. The molecule has 0 saturated carbocycles. The number of imide groups is 1. The number of aromatic amines is 1. The summed E-state index contributed by atoms with van der Waals surface area (Å²) < 4.78 is 0. The van der Waals surface area contributed by atoms with Crippen LogP contribution >= 0.6 is 12.2 Å². The van der Waals surface area contributed by atoms with Gasteiger partial charge in [-0.05, 0) is 6.42 Å². The number of nitrogens with one attached hydrogen (secondary N) is 1. The quantitative estimate of drug-likeness (QED) is 0.562. The van der Waals surface area contributed by atoms with Crippen LogP contribution in [0.2, 0.25) is 0 Å². The highest BCUT2D eigenvalue weighted by Crippen LogP contribution is 2.23. The molecule has 0 aliphatic carbocycles. The Morgan fingerprint density at radius 1 is 1.44 bits per heavy atom. The van der Waals surface area contributed by atoms with Gasteiger partial charge in [-0.1, -0.05) is 12.2 Å². The highest BCUT2D eigenvalue weighted by molar-refractivity contribution is 7.80. The van der Waals surface area contributed by atoms with Crippen LogP contribution in [0.15, 0.2) is 6.20 Å². The Kier molecular flexibility index (Phi) is 2.69. The summed E-state index contributed by atoms with van der Waals surface area (Å²) in [5, 5.41) is 6.33. The molecule has 3 N–H and O–H groups in total. The van der Waals surface area contributed by atoms with Crippen molar-refractivity contribution in [3.8, 4) is 0 Å². The molecular formula is C9H10N4O2S. The molecule has 7 heteroatoms. The molecule has 1 aromatic rings. The molecule has 1 aromatic heterocycles. The average Bonchev–Trinajstić information content (AvgIpc) is 2.66. The maximum absolute atomic E-state index is 11.7. The highest BCUT2D eigenvalue weighted by atomic mass is 32.1. The molecule has 0 bridgehead atoms. The number of carbonyl (C=O) groups excluding carboxylic acids is 2. The molecular weight excluding hydrogens is 228 g/mol. The van der Waals surface area contributed by atoms with Crippen LogP contribution in [0.1, 0.15) is 24.8 Å². The van der Waals surface area contributed by atoms with Crippen molar-refractivity contribution in [3.05, 3.63) is 11.8 Å². The van der Waals surface area contributed by atoms with Gasteiger partial charge in [0, 0.05) is 12.8 Å². The molecule has 2 rings (SSSR count).